The quantitative estimate of drug-likeness (QED) is 0.805. The van der Waals surface area contributed by atoms with Gasteiger partial charge in [0.05, 0.1) is 5.56 Å². The molecular weight excluding hydrogens is 317 g/mol. The molecule has 0 saturated heterocycles. The summed E-state index contributed by atoms with van der Waals surface area (Å²) in [5.41, 5.74) is 0.305. The van der Waals surface area contributed by atoms with E-state index in [4.69, 9.17) is 0 Å². The number of anilines is 1. The number of nitrogens with zero attached hydrogens (tertiary/aromatic N) is 1. The zero-order valence-electron chi connectivity index (χ0n) is 13.3. The lowest BCUT2D eigenvalue weighted by atomic mass is 10.2. The van der Waals surface area contributed by atoms with Crippen molar-refractivity contribution in [2.45, 2.75) is 26.1 Å². The van der Waals surface area contributed by atoms with Gasteiger partial charge in [-0.05, 0) is 30.2 Å². The van der Waals surface area contributed by atoms with Crippen LogP contribution in [0.4, 0.5) is 23.7 Å². The number of alkyl halides is 3. The number of carbonyl (C=O) groups excluding carboxylic acids is 1. The van der Waals surface area contributed by atoms with Gasteiger partial charge in [0.1, 0.15) is 0 Å². The second kappa shape index (κ2) is 7.86. The van der Waals surface area contributed by atoms with Crippen LogP contribution in [0.5, 0.6) is 0 Å². The molecule has 0 aromatic heterocycles. The highest BCUT2D eigenvalue weighted by atomic mass is 19.4. The van der Waals surface area contributed by atoms with Crippen LogP contribution < -0.4 is 5.32 Å². The molecule has 0 radical (unpaired) electrons. The van der Waals surface area contributed by atoms with E-state index in [0.29, 0.717) is 13.1 Å². The Morgan fingerprint density at radius 3 is 2.42 bits per heavy atom. The molecular formula is C18H19F3N2O. The molecule has 6 heteroatoms. The minimum absolute atomic E-state index is 0.129. The Bertz CT molecular complexity index is 671. The monoisotopic (exact) mass is 336 g/mol. The Morgan fingerprint density at radius 2 is 1.79 bits per heavy atom. The maximum absolute atomic E-state index is 12.7. The molecule has 0 unspecified atom stereocenters. The van der Waals surface area contributed by atoms with Crippen molar-refractivity contribution in [2.75, 3.05) is 11.9 Å². The van der Waals surface area contributed by atoms with Crippen LogP contribution in [0.15, 0.2) is 54.6 Å². The van der Waals surface area contributed by atoms with Gasteiger partial charge < -0.3 is 10.2 Å². The fourth-order valence-electron chi connectivity index (χ4n) is 2.30. The third-order valence-electron chi connectivity index (χ3n) is 3.44. The summed E-state index contributed by atoms with van der Waals surface area (Å²) < 4.78 is 38.2. The minimum atomic E-state index is -4.44. The minimum Gasteiger partial charge on any atom is -0.320 e. The Balaban J connectivity index is 2.10. The highest BCUT2D eigenvalue weighted by molar-refractivity contribution is 5.89. The van der Waals surface area contributed by atoms with Crippen molar-refractivity contribution in [1.29, 1.82) is 0 Å². The van der Waals surface area contributed by atoms with Crippen molar-refractivity contribution >= 4 is 11.7 Å². The number of benzene rings is 2. The van der Waals surface area contributed by atoms with Gasteiger partial charge in [-0.25, -0.2) is 4.79 Å². The van der Waals surface area contributed by atoms with Crippen LogP contribution in [-0.4, -0.2) is 17.5 Å². The molecule has 128 valence electrons. The first-order valence-electron chi connectivity index (χ1n) is 7.67. The molecule has 0 fully saturated rings. The van der Waals surface area contributed by atoms with Gasteiger partial charge in [-0.1, -0.05) is 43.3 Å². The Hall–Kier alpha value is -2.50. The normalized spacial score (nSPS) is 11.2. The van der Waals surface area contributed by atoms with Gasteiger partial charge in [-0.2, -0.15) is 13.2 Å². The van der Waals surface area contributed by atoms with Gasteiger partial charge in [-0.3, -0.25) is 0 Å². The van der Waals surface area contributed by atoms with Gasteiger partial charge >= 0.3 is 12.2 Å². The van der Waals surface area contributed by atoms with Gasteiger partial charge in [-0.15, -0.1) is 0 Å². The van der Waals surface area contributed by atoms with E-state index < -0.39 is 17.8 Å². The maximum atomic E-state index is 12.7. The first-order valence-corrected chi connectivity index (χ1v) is 7.67. The molecule has 24 heavy (non-hydrogen) atoms. The van der Waals surface area contributed by atoms with Crippen LogP contribution >= 0.6 is 0 Å². The number of halogens is 3. The number of hydrogen-bond donors (Lipinski definition) is 1. The zero-order valence-corrected chi connectivity index (χ0v) is 13.3. The second-order valence-electron chi connectivity index (χ2n) is 5.42. The summed E-state index contributed by atoms with van der Waals surface area (Å²) >= 11 is 0. The smallest absolute Gasteiger partial charge is 0.320 e. The Labute approximate surface area is 139 Å². The predicted molar refractivity (Wildman–Crippen MR) is 87.6 cm³/mol. The van der Waals surface area contributed by atoms with E-state index in [1.54, 1.807) is 4.90 Å². The lowest BCUT2D eigenvalue weighted by Crippen LogP contribution is -2.35. The van der Waals surface area contributed by atoms with Crippen LogP contribution in [0, 0.1) is 0 Å². The number of carbonyl (C=O) groups is 1. The van der Waals surface area contributed by atoms with E-state index in [-0.39, 0.29) is 5.69 Å². The first kappa shape index (κ1) is 17.8. The highest BCUT2D eigenvalue weighted by Crippen LogP contribution is 2.30. The molecule has 1 N–H and O–H groups in total. The van der Waals surface area contributed by atoms with E-state index in [0.717, 1.165) is 24.1 Å². The first-order chi connectivity index (χ1) is 11.4. The summed E-state index contributed by atoms with van der Waals surface area (Å²) in [6.45, 7) is 2.86. The number of urea groups is 1. The molecule has 0 aliphatic carbocycles. The lowest BCUT2D eigenvalue weighted by Gasteiger charge is -2.23. The summed E-state index contributed by atoms with van der Waals surface area (Å²) in [6.07, 6.45) is -3.68. The Kier molecular flexibility index (Phi) is 5.84. The molecule has 0 saturated carbocycles. The molecule has 0 bridgehead atoms. The average molecular weight is 336 g/mol. The topological polar surface area (TPSA) is 32.3 Å². The van der Waals surface area contributed by atoms with E-state index in [2.05, 4.69) is 5.32 Å². The fraction of sp³-hybridized carbons (Fsp3) is 0.278. The lowest BCUT2D eigenvalue weighted by molar-refractivity contribution is -0.137. The number of rotatable bonds is 5. The van der Waals surface area contributed by atoms with E-state index >= 15 is 0 Å². The summed E-state index contributed by atoms with van der Waals surface area (Å²) in [5.74, 6) is 0. The van der Waals surface area contributed by atoms with E-state index in [9.17, 15) is 18.0 Å². The van der Waals surface area contributed by atoms with E-state index in [1.165, 1.54) is 12.1 Å². The Morgan fingerprint density at radius 1 is 1.08 bits per heavy atom. The standard InChI is InChI=1S/C18H19F3N2O/c1-2-11-23(13-14-7-4-3-5-8-14)17(24)22-16-10-6-9-15(12-16)18(19,20)21/h3-10,12H,2,11,13H2,1H3,(H,22,24). The molecule has 2 amide bonds. The van der Waals surface area contributed by atoms with Crippen LogP contribution in [0.25, 0.3) is 0 Å². The summed E-state index contributed by atoms with van der Waals surface area (Å²) in [6, 6.07) is 13.7. The van der Waals surface area contributed by atoms with Gasteiger partial charge in [0, 0.05) is 18.8 Å². The van der Waals surface area contributed by atoms with Gasteiger partial charge in [0.2, 0.25) is 0 Å². The third-order valence-corrected chi connectivity index (χ3v) is 3.44. The molecule has 2 aromatic rings. The molecule has 2 rings (SSSR count). The molecule has 0 aliphatic rings. The van der Waals surface area contributed by atoms with Crippen molar-refractivity contribution in [3.8, 4) is 0 Å². The average Bonchev–Trinajstić information content (AvgIpc) is 2.55. The van der Waals surface area contributed by atoms with E-state index in [1.807, 2.05) is 37.3 Å². The molecule has 0 spiro atoms. The van der Waals surface area contributed by atoms with Crippen LogP contribution in [-0.2, 0) is 12.7 Å². The van der Waals surface area contributed by atoms with Crippen molar-refractivity contribution in [1.82, 2.24) is 4.90 Å². The molecule has 0 atom stereocenters. The van der Waals surface area contributed by atoms with Crippen LogP contribution in [0.1, 0.15) is 24.5 Å². The number of hydrogen-bond acceptors (Lipinski definition) is 1. The van der Waals surface area contributed by atoms with Gasteiger partial charge in [0.25, 0.3) is 0 Å². The maximum Gasteiger partial charge on any atom is 0.416 e. The molecule has 0 aliphatic heterocycles. The van der Waals surface area contributed by atoms with Crippen molar-refractivity contribution in [2.24, 2.45) is 0 Å². The highest BCUT2D eigenvalue weighted by Gasteiger charge is 2.30. The summed E-state index contributed by atoms with van der Waals surface area (Å²) in [4.78, 5) is 14.0. The van der Waals surface area contributed by atoms with Crippen molar-refractivity contribution in [3.05, 3.63) is 65.7 Å². The molecule has 2 aromatic carbocycles. The van der Waals surface area contributed by atoms with Crippen molar-refractivity contribution < 1.29 is 18.0 Å². The third kappa shape index (κ3) is 5.01. The number of nitrogens with one attached hydrogen (secondary N) is 1. The van der Waals surface area contributed by atoms with Crippen LogP contribution in [0.2, 0.25) is 0 Å². The predicted octanol–water partition coefficient (Wildman–Crippen LogP) is 5.15. The largest absolute Gasteiger partial charge is 0.416 e. The molecule has 3 nitrogen and oxygen atoms in total. The fourth-order valence-corrected chi connectivity index (χ4v) is 2.30. The summed E-state index contributed by atoms with van der Waals surface area (Å²) in [5, 5.41) is 2.55. The summed E-state index contributed by atoms with van der Waals surface area (Å²) in [7, 11) is 0. The molecule has 0 heterocycles. The van der Waals surface area contributed by atoms with Crippen molar-refractivity contribution in [3.63, 3.8) is 0 Å². The van der Waals surface area contributed by atoms with Crippen LogP contribution in [0.3, 0.4) is 0 Å². The second-order valence-corrected chi connectivity index (χ2v) is 5.42. The zero-order chi connectivity index (χ0) is 17.6. The number of amides is 2. The SMILES string of the molecule is CCCN(Cc1ccccc1)C(=O)Nc1cccc(C(F)(F)F)c1. The van der Waals surface area contributed by atoms with Gasteiger partial charge in [0.15, 0.2) is 0 Å².